The maximum atomic E-state index is 12.1. The maximum Gasteiger partial charge on any atom is 0.283 e. The summed E-state index contributed by atoms with van der Waals surface area (Å²) in [5.41, 5.74) is -0.116. The zero-order chi connectivity index (χ0) is 14.7. The number of rotatable bonds is 3. The molecule has 1 amide bonds. The minimum absolute atomic E-state index is 0.0155. The van der Waals surface area contributed by atoms with E-state index in [1.165, 1.54) is 24.4 Å². The predicted octanol–water partition coefficient (Wildman–Crippen LogP) is 3.66. The van der Waals surface area contributed by atoms with Crippen molar-refractivity contribution in [3.63, 3.8) is 0 Å². The number of benzene rings is 1. The number of pyridine rings is 1. The largest absolute Gasteiger partial charge is 0.320 e. The van der Waals surface area contributed by atoms with Crippen LogP contribution in [-0.2, 0) is 0 Å². The first-order valence-corrected chi connectivity index (χ1v) is 6.52. The van der Waals surface area contributed by atoms with Crippen molar-refractivity contribution in [2.75, 3.05) is 5.32 Å². The molecule has 1 aromatic carbocycles. The first kappa shape index (κ1) is 14.4. The van der Waals surface area contributed by atoms with E-state index in [0.29, 0.717) is 10.3 Å². The van der Waals surface area contributed by atoms with E-state index in [1.54, 1.807) is 12.1 Å². The molecule has 0 unspecified atom stereocenters. The van der Waals surface area contributed by atoms with Crippen LogP contribution in [0.25, 0.3) is 0 Å². The lowest BCUT2D eigenvalue weighted by Gasteiger charge is -2.07. The lowest BCUT2D eigenvalue weighted by atomic mass is 10.1. The van der Waals surface area contributed by atoms with Gasteiger partial charge in [-0.25, -0.2) is 4.98 Å². The quantitative estimate of drug-likeness (QED) is 0.516. The molecule has 6 nitrogen and oxygen atoms in total. The standard InChI is InChI=1S/C12H7BrClN3O3/c13-10-5-4-7(6-15-10)16-12(18)11-8(14)2-1-3-9(11)17(19)20/h1-6H,(H,16,18). The van der Waals surface area contributed by atoms with Gasteiger partial charge in [-0.1, -0.05) is 17.7 Å². The lowest BCUT2D eigenvalue weighted by molar-refractivity contribution is -0.385. The number of nitro benzene ring substituents is 1. The van der Waals surface area contributed by atoms with E-state index in [4.69, 9.17) is 11.6 Å². The molecule has 0 radical (unpaired) electrons. The highest BCUT2D eigenvalue weighted by molar-refractivity contribution is 9.10. The molecule has 1 heterocycles. The van der Waals surface area contributed by atoms with Crippen molar-refractivity contribution in [3.05, 3.63) is 61.8 Å². The van der Waals surface area contributed by atoms with Gasteiger partial charge in [-0.05, 0) is 34.1 Å². The van der Waals surface area contributed by atoms with Crippen molar-refractivity contribution in [3.8, 4) is 0 Å². The molecule has 2 aromatic rings. The summed E-state index contributed by atoms with van der Waals surface area (Å²) in [6.45, 7) is 0. The number of anilines is 1. The number of carbonyl (C=O) groups is 1. The second kappa shape index (κ2) is 5.98. The van der Waals surface area contributed by atoms with Gasteiger partial charge in [0.1, 0.15) is 10.2 Å². The van der Waals surface area contributed by atoms with E-state index in [9.17, 15) is 14.9 Å². The smallest absolute Gasteiger partial charge is 0.283 e. The van der Waals surface area contributed by atoms with Gasteiger partial charge < -0.3 is 5.32 Å². The highest BCUT2D eigenvalue weighted by atomic mass is 79.9. The third kappa shape index (κ3) is 3.12. The molecule has 0 bridgehead atoms. The molecule has 0 aliphatic rings. The Balaban J connectivity index is 2.34. The Labute approximate surface area is 127 Å². The van der Waals surface area contributed by atoms with Crippen LogP contribution in [0.1, 0.15) is 10.4 Å². The Kier molecular flexibility index (Phi) is 4.31. The Morgan fingerprint density at radius 2 is 2.10 bits per heavy atom. The Hall–Kier alpha value is -1.99. The fraction of sp³-hybridized carbons (Fsp3) is 0. The first-order chi connectivity index (χ1) is 9.49. The third-order valence-corrected chi connectivity index (χ3v) is 3.18. The molecule has 0 aliphatic heterocycles. The summed E-state index contributed by atoms with van der Waals surface area (Å²) in [7, 11) is 0. The average molecular weight is 357 g/mol. The minimum Gasteiger partial charge on any atom is -0.320 e. The van der Waals surface area contributed by atoms with Crippen molar-refractivity contribution >= 4 is 44.8 Å². The number of hydrogen-bond acceptors (Lipinski definition) is 4. The van der Waals surface area contributed by atoms with Gasteiger partial charge in [0.05, 0.1) is 21.8 Å². The number of carbonyl (C=O) groups excluding carboxylic acids is 1. The molecule has 102 valence electrons. The van der Waals surface area contributed by atoms with Crippen molar-refractivity contribution in [2.45, 2.75) is 0 Å². The fourth-order valence-electron chi connectivity index (χ4n) is 1.53. The monoisotopic (exact) mass is 355 g/mol. The third-order valence-electron chi connectivity index (χ3n) is 2.40. The average Bonchev–Trinajstić information content (AvgIpc) is 2.40. The number of amides is 1. The van der Waals surface area contributed by atoms with Crippen LogP contribution in [0.2, 0.25) is 5.02 Å². The summed E-state index contributed by atoms with van der Waals surface area (Å²) in [6, 6.07) is 7.30. The zero-order valence-corrected chi connectivity index (χ0v) is 12.2. The minimum atomic E-state index is -0.661. The summed E-state index contributed by atoms with van der Waals surface area (Å²) in [5.74, 6) is -0.661. The molecular formula is C12H7BrClN3O3. The second-order valence-electron chi connectivity index (χ2n) is 3.71. The molecule has 0 aliphatic carbocycles. The zero-order valence-electron chi connectivity index (χ0n) is 9.84. The van der Waals surface area contributed by atoms with Crippen molar-refractivity contribution < 1.29 is 9.72 Å². The van der Waals surface area contributed by atoms with Crippen LogP contribution in [0.5, 0.6) is 0 Å². The Morgan fingerprint density at radius 3 is 2.70 bits per heavy atom. The van der Waals surface area contributed by atoms with Crippen LogP contribution in [0, 0.1) is 10.1 Å². The topological polar surface area (TPSA) is 85.1 Å². The molecule has 0 saturated carbocycles. The highest BCUT2D eigenvalue weighted by Crippen LogP contribution is 2.27. The van der Waals surface area contributed by atoms with Gasteiger partial charge in [0.25, 0.3) is 11.6 Å². The van der Waals surface area contributed by atoms with Crippen LogP contribution in [0.4, 0.5) is 11.4 Å². The summed E-state index contributed by atoms with van der Waals surface area (Å²) >= 11 is 9.04. The molecule has 8 heteroatoms. The summed E-state index contributed by atoms with van der Waals surface area (Å²) < 4.78 is 0.610. The van der Waals surface area contributed by atoms with Gasteiger partial charge in [-0.15, -0.1) is 0 Å². The normalized spacial score (nSPS) is 10.1. The fourth-order valence-corrected chi connectivity index (χ4v) is 2.02. The van der Waals surface area contributed by atoms with Gasteiger partial charge in [-0.2, -0.15) is 0 Å². The molecule has 1 aromatic heterocycles. The molecule has 1 N–H and O–H groups in total. The van der Waals surface area contributed by atoms with Crippen molar-refractivity contribution in [1.29, 1.82) is 0 Å². The molecule has 0 fully saturated rings. The number of nitro groups is 1. The number of hydrogen-bond donors (Lipinski definition) is 1. The predicted molar refractivity (Wildman–Crippen MR) is 78.0 cm³/mol. The first-order valence-electron chi connectivity index (χ1n) is 5.35. The molecule has 20 heavy (non-hydrogen) atoms. The number of halogens is 2. The number of nitrogens with zero attached hydrogens (tertiary/aromatic N) is 2. The maximum absolute atomic E-state index is 12.1. The molecular weight excluding hydrogens is 350 g/mol. The van der Waals surface area contributed by atoms with E-state index in [1.807, 2.05) is 0 Å². The summed E-state index contributed by atoms with van der Waals surface area (Å²) in [5, 5.41) is 13.4. The van der Waals surface area contributed by atoms with Crippen LogP contribution >= 0.6 is 27.5 Å². The van der Waals surface area contributed by atoms with Crippen LogP contribution in [0.3, 0.4) is 0 Å². The Bertz CT molecular complexity index is 676. The lowest BCUT2D eigenvalue weighted by Crippen LogP contribution is -2.14. The van der Waals surface area contributed by atoms with Gasteiger partial charge in [0, 0.05) is 6.07 Å². The molecule has 2 rings (SSSR count). The van der Waals surface area contributed by atoms with Gasteiger partial charge in [0.15, 0.2) is 0 Å². The molecule has 0 spiro atoms. The summed E-state index contributed by atoms with van der Waals surface area (Å²) in [6.07, 6.45) is 1.42. The van der Waals surface area contributed by atoms with E-state index in [0.717, 1.165) is 0 Å². The van der Waals surface area contributed by atoms with E-state index in [-0.39, 0.29) is 16.3 Å². The van der Waals surface area contributed by atoms with Crippen LogP contribution in [0.15, 0.2) is 41.1 Å². The van der Waals surface area contributed by atoms with Crippen molar-refractivity contribution in [2.24, 2.45) is 0 Å². The Morgan fingerprint density at radius 1 is 1.35 bits per heavy atom. The van der Waals surface area contributed by atoms with Crippen LogP contribution < -0.4 is 5.32 Å². The van der Waals surface area contributed by atoms with E-state index in [2.05, 4.69) is 26.2 Å². The highest BCUT2D eigenvalue weighted by Gasteiger charge is 2.23. The second-order valence-corrected chi connectivity index (χ2v) is 4.93. The van der Waals surface area contributed by atoms with Gasteiger partial charge >= 0.3 is 0 Å². The SMILES string of the molecule is O=C(Nc1ccc(Br)nc1)c1c(Cl)cccc1[N+](=O)[O-]. The molecule has 0 atom stereocenters. The number of nitrogens with one attached hydrogen (secondary N) is 1. The van der Waals surface area contributed by atoms with E-state index < -0.39 is 10.8 Å². The van der Waals surface area contributed by atoms with Gasteiger partial charge in [-0.3, -0.25) is 14.9 Å². The van der Waals surface area contributed by atoms with E-state index >= 15 is 0 Å². The van der Waals surface area contributed by atoms with Crippen molar-refractivity contribution in [1.82, 2.24) is 4.98 Å². The van der Waals surface area contributed by atoms with Crippen LogP contribution in [-0.4, -0.2) is 15.8 Å². The summed E-state index contributed by atoms with van der Waals surface area (Å²) in [4.78, 5) is 26.3. The van der Waals surface area contributed by atoms with Gasteiger partial charge in [0.2, 0.25) is 0 Å². The number of aromatic nitrogens is 1. The molecule has 0 saturated heterocycles.